The molecule has 0 fully saturated rings. The van der Waals surface area contributed by atoms with Crippen molar-refractivity contribution in [2.45, 2.75) is 38.5 Å². The molecule has 5 aromatic carbocycles. The summed E-state index contributed by atoms with van der Waals surface area (Å²) in [5.41, 5.74) is 17.4. The zero-order chi connectivity index (χ0) is 33.3. The number of benzene rings is 5. The van der Waals surface area contributed by atoms with E-state index in [1.807, 2.05) is 12.1 Å². The largest absolute Gasteiger partial charge is 0.192 e. The molecule has 0 heterocycles. The van der Waals surface area contributed by atoms with Crippen LogP contribution >= 0.6 is 0 Å². The van der Waals surface area contributed by atoms with E-state index in [-0.39, 0.29) is 22.0 Å². The van der Waals surface area contributed by atoms with Crippen LogP contribution in [0.25, 0.3) is 55.7 Å². The monoisotopic (exact) mass is 610 g/mol. The molecule has 4 aliphatic rings. The van der Waals surface area contributed by atoms with Gasteiger partial charge in [0.1, 0.15) is 35.4 Å². The lowest BCUT2D eigenvalue weighted by atomic mass is 9.81. The van der Waals surface area contributed by atoms with Gasteiger partial charge in [-0.15, -0.1) is 0 Å². The minimum atomic E-state index is -0.239. The Kier molecular flexibility index (Phi) is 5.26. The van der Waals surface area contributed by atoms with Gasteiger partial charge >= 0.3 is 0 Å². The highest BCUT2D eigenvalue weighted by atomic mass is 14.4. The highest BCUT2D eigenvalue weighted by molar-refractivity contribution is 6.12. The van der Waals surface area contributed by atoms with Gasteiger partial charge < -0.3 is 0 Å². The van der Waals surface area contributed by atoms with Crippen molar-refractivity contribution in [3.05, 3.63) is 141 Å². The molecule has 0 aromatic heterocycles. The maximum atomic E-state index is 10.2. The summed E-state index contributed by atoms with van der Waals surface area (Å²) in [6, 6.07) is 38.5. The van der Waals surface area contributed by atoms with E-state index in [4.69, 9.17) is 0 Å². The molecule has 4 heteroatoms. The molecule has 5 aromatic rings. The Morgan fingerprint density at radius 2 is 0.688 bits per heavy atom. The Hall–Kier alpha value is -6.46. The number of nitriles is 4. The molecule has 0 saturated heterocycles. The molecule has 0 aliphatic heterocycles. The summed E-state index contributed by atoms with van der Waals surface area (Å²) in [6.07, 6.45) is 0. The average molecular weight is 611 g/mol. The van der Waals surface area contributed by atoms with Gasteiger partial charge in [0.25, 0.3) is 0 Å². The molecule has 0 radical (unpaired) electrons. The minimum absolute atomic E-state index is 0.0645. The standard InChI is InChI=1S/C44H26N4/c1-43(2)37-11-7-5-9-25(37)31-15-35-29(17-39(31)43)27-13-34-28(14-33(27)41(35)23(19-45)20-46)30-18-40-32(16-36(30)42(34)24(21-47)22-48)26-10-6-8-12-38(26)44(40,3)4/h5-18H,1-4H3. The molecule has 0 atom stereocenters. The van der Waals surface area contributed by atoms with Crippen molar-refractivity contribution in [2.24, 2.45) is 0 Å². The van der Waals surface area contributed by atoms with Gasteiger partial charge in [0, 0.05) is 22.0 Å². The number of hydrogen-bond acceptors (Lipinski definition) is 4. The lowest BCUT2D eigenvalue weighted by molar-refractivity contribution is 0.660. The van der Waals surface area contributed by atoms with Crippen LogP contribution in [0.2, 0.25) is 0 Å². The van der Waals surface area contributed by atoms with Crippen molar-refractivity contribution in [3.63, 3.8) is 0 Å². The number of allylic oxidation sites excluding steroid dienone is 2. The van der Waals surface area contributed by atoms with Gasteiger partial charge in [-0.1, -0.05) is 76.2 Å². The van der Waals surface area contributed by atoms with E-state index in [0.29, 0.717) is 11.1 Å². The van der Waals surface area contributed by atoms with E-state index in [2.05, 4.69) is 125 Å². The third kappa shape index (κ3) is 3.20. The smallest absolute Gasteiger partial charge is 0.138 e. The third-order valence-corrected chi connectivity index (χ3v) is 11.2. The van der Waals surface area contributed by atoms with E-state index in [0.717, 1.165) is 66.8 Å². The number of hydrogen-bond donors (Lipinski definition) is 0. The van der Waals surface area contributed by atoms with Crippen molar-refractivity contribution in [1.29, 1.82) is 21.0 Å². The van der Waals surface area contributed by atoms with E-state index >= 15 is 0 Å². The second kappa shape index (κ2) is 9.08. The van der Waals surface area contributed by atoms with Crippen LogP contribution in [-0.2, 0) is 10.8 Å². The van der Waals surface area contributed by atoms with Crippen LogP contribution in [0.4, 0.5) is 0 Å². The summed E-state index contributed by atoms with van der Waals surface area (Å²) in [6.45, 7) is 8.94. The van der Waals surface area contributed by atoms with Gasteiger partial charge in [0.05, 0.1) is 0 Å². The first kappa shape index (κ1) is 27.8. The fourth-order valence-electron chi connectivity index (χ4n) is 8.92. The molecule has 0 unspecified atom stereocenters. The molecule has 0 N–H and O–H groups in total. The summed E-state index contributed by atoms with van der Waals surface area (Å²) >= 11 is 0. The Labute approximate surface area is 279 Å². The fourth-order valence-corrected chi connectivity index (χ4v) is 8.92. The first-order chi connectivity index (χ1) is 23.1. The maximum absolute atomic E-state index is 10.2. The highest BCUT2D eigenvalue weighted by Gasteiger charge is 2.41. The molecule has 9 rings (SSSR count). The first-order valence-corrected chi connectivity index (χ1v) is 16.0. The predicted molar refractivity (Wildman–Crippen MR) is 187 cm³/mol. The molecule has 4 nitrogen and oxygen atoms in total. The molecule has 0 bridgehead atoms. The lowest BCUT2D eigenvalue weighted by Crippen LogP contribution is -2.15. The van der Waals surface area contributed by atoms with Crippen molar-refractivity contribution < 1.29 is 0 Å². The molecule has 4 aliphatic carbocycles. The lowest BCUT2D eigenvalue weighted by Gasteiger charge is -2.22. The summed E-state index contributed by atoms with van der Waals surface area (Å²) in [7, 11) is 0. The predicted octanol–water partition coefficient (Wildman–Crippen LogP) is 9.96. The van der Waals surface area contributed by atoms with E-state index in [9.17, 15) is 21.0 Å². The minimum Gasteiger partial charge on any atom is -0.192 e. The van der Waals surface area contributed by atoms with Gasteiger partial charge in [-0.05, 0) is 125 Å². The van der Waals surface area contributed by atoms with Crippen molar-refractivity contribution in [3.8, 4) is 68.8 Å². The molecule has 222 valence electrons. The zero-order valence-corrected chi connectivity index (χ0v) is 26.9. The second-order valence-electron chi connectivity index (χ2n) is 14.1. The molecule has 0 spiro atoms. The van der Waals surface area contributed by atoms with E-state index < -0.39 is 0 Å². The number of rotatable bonds is 0. The Morgan fingerprint density at radius 3 is 1.04 bits per heavy atom. The van der Waals surface area contributed by atoms with Gasteiger partial charge in [-0.2, -0.15) is 21.0 Å². The van der Waals surface area contributed by atoms with E-state index in [1.54, 1.807) is 0 Å². The summed E-state index contributed by atoms with van der Waals surface area (Å²) in [4.78, 5) is 0. The molecular formula is C44H26N4. The van der Waals surface area contributed by atoms with Crippen LogP contribution < -0.4 is 0 Å². The second-order valence-corrected chi connectivity index (χ2v) is 14.1. The van der Waals surface area contributed by atoms with Crippen LogP contribution in [0.3, 0.4) is 0 Å². The van der Waals surface area contributed by atoms with Crippen LogP contribution in [0.15, 0.2) is 96.1 Å². The Balaban J connectivity index is 1.37. The van der Waals surface area contributed by atoms with Crippen LogP contribution in [0.1, 0.15) is 72.2 Å². The number of fused-ring (bicyclic) bond motifs is 12. The Bertz CT molecular complexity index is 2430. The molecular weight excluding hydrogens is 585 g/mol. The average Bonchev–Trinajstić information content (AvgIpc) is 3.73. The first-order valence-electron chi connectivity index (χ1n) is 16.0. The molecule has 0 amide bonds. The highest BCUT2D eigenvalue weighted by Crippen LogP contribution is 2.59. The van der Waals surface area contributed by atoms with Crippen LogP contribution in [-0.4, -0.2) is 0 Å². The van der Waals surface area contributed by atoms with Crippen LogP contribution in [0, 0.1) is 45.3 Å². The zero-order valence-electron chi connectivity index (χ0n) is 26.9. The van der Waals surface area contributed by atoms with Gasteiger partial charge in [-0.3, -0.25) is 0 Å². The SMILES string of the molecule is CC1(C)c2ccccc2-c2cc3c(cc21)-c1cc2c(cc1C3=C(C#N)C#N)-c1cc3c(cc1C2=C(C#N)C#N)-c1ccccc1C3(C)C. The van der Waals surface area contributed by atoms with Gasteiger partial charge in [0.15, 0.2) is 0 Å². The van der Waals surface area contributed by atoms with Crippen molar-refractivity contribution in [1.82, 2.24) is 0 Å². The van der Waals surface area contributed by atoms with Crippen molar-refractivity contribution >= 4 is 11.1 Å². The van der Waals surface area contributed by atoms with Crippen molar-refractivity contribution in [2.75, 3.05) is 0 Å². The summed E-state index contributed by atoms with van der Waals surface area (Å²) in [5, 5.41) is 41.0. The third-order valence-electron chi connectivity index (χ3n) is 11.2. The van der Waals surface area contributed by atoms with Crippen LogP contribution in [0.5, 0.6) is 0 Å². The molecule has 48 heavy (non-hydrogen) atoms. The summed E-state index contributed by atoms with van der Waals surface area (Å²) < 4.78 is 0. The Morgan fingerprint density at radius 1 is 0.375 bits per heavy atom. The van der Waals surface area contributed by atoms with E-state index in [1.165, 1.54) is 22.3 Å². The quantitative estimate of drug-likeness (QED) is 0.160. The van der Waals surface area contributed by atoms with Gasteiger partial charge in [0.2, 0.25) is 0 Å². The fraction of sp³-hybridized carbons (Fsp3) is 0.136. The number of nitrogens with zero attached hydrogens (tertiary/aromatic N) is 4. The molecule has 0 saturated carbocycles. The van der Waals surface area contributed by atoms with Gasteiger partial charge in [-0.25, -0.2) is 0 Å². The summed E-state index contributed by atoms with van der Waals surface area (Å²) in [5.74, 6) is 0. The normalized spacial score (nSPS) is 15.2. The maximum Gasteiger partial charge on any atom is 0.138 e. The topological polar surface area (TPSA) is 95.2 Å².